The Morgan fingerprint density at radius 1 is 1.47 bits per heavy atom. The standard InChI is InChI=1S/C13H17O2/c1-4-8-14-11-7-5-6-10-9-13(2,3)15-12(10)11/h5-7H,1,4,8-9H2,2-3H3. The number of fused-ring (bicyclic) bond motifs is 1. The van der Waals surface area contributed by atoms with Crippen molar-refractivity contribution in [3.05, 3.63) is 30.7 Å². The molecule has 0 N–H and O–H groups in total. The summed E-state index contributed by atoms with van der Waals surface area (Å²) in [5.74, 6) is 1.76. The van der Waals surface area contributed by atoms with Crippen LogP contribution in [-0.2, 0) is 6.42 Å². The first-order chi connectivity index (χ1) is 7.12. The average Bonchev–Trinajstić information content (AvgIpc) is 2.49. The molecule has 0 saturated carbocycles. The Morgan fingerprint density at radius 3 is 3.00 bits per heavy atom. The van der Waals surface area contributed by atoms with Crippen molar-refractivity contribution in [2.24, 2.45) is 0 Å². The van der Waals surface area contributed by atoms with Crippen LogP contribution in [0, 0.1) is 6.92 Å². The van der Waals surface area contributed by atoms with E-state index in [0.717, 1.165) is 24.3 Å². The molecule has 0 fully saturated rings. The molecule has 2 heteroatoms. The second-order valence-electron chi connectivity index (χ2n) is 4.48. The van der Waals surface area contributed by atoms with Crippen LogP contribution >= 0.6 is 0 Å². The molecule has 0 spiro atoms. The summed E-state index contributed by atoms with van der Waals surface area (Å²) < 4.78 is 11.5. The smallest absolute Gasteiger partial charge is 0.165 e. The summed E-state index contributed by atoms with van der Waals surface area (Å²) in [6.45, 7) is 8.59. The van der Waals surface area contributed by atoms with E-state index in [1.807, 2.05) is 12.1 Å². The Balaban J connectivity index is 2.25. The summed E-state index contributed by atoms with van der Waals surface area (Å²) >= 11 is 0. The van der Waals surface area contributed by atoms with E-state index in [2.05, 4.69) is 26.8 Å². The molecule has 2 nitrogen and oxygen atoms in total. The van der Waals surface area contributed by atoms with Crippen LogP contribution in [0.2, 0.25) is 0 Å². The fraction of sp³-hybridized carbons (Fsp3) is 0.462. The van der Waals surface area contributed by atoms with Gasteiger partial charge in [0.05, 0.1) is 6.61 Å². The molecule has 1 aromatic carbocycles. The third-order valence-electron chi connectivity index (χ3n) is 2.46. The molecule has 1 heterocycles. The highest BCUT2D eigenvalue weighted by Gasteiger charge is 2.32. The zero-order valence-electron chi connectivity index (χ0n) is 9.38. The lowest BCUT2D eigenvalue weighted by Gasteiger charge is -2.18. The van der Waals surface area contributed by atoms with Crippen molar-refractivity contribution in [3.8, 4) is 11.5 Å². The fourth-order valence-corrected chi connectivity index (χ4v) is 1.88. The SMILES string of the molecule is [CH2]CCOc1cccc2c1OC(C)(C)C2. The van der Waals surface area contributed by atoms with E-state index in [1.54, 1.807) is 0 Å². The van der Waals surface area contributed by atoms with Crippen molar-refractivity contribution < 1.29 is 9.47 Å². The van der Waals surface area contributed by atoms with E-state index in [1.165, 1.54) is 5.56 Å². The third-order valence-corrected chi connectivity index (χ3v) is 2.46. The van der Waals surface area contributed by atoms with Crippen molar-refractivity contribution in [3.63, 3.8) is 0 Å². The Morgan fingerprint density at radius 2 is 2.27 bits per heavy atom. The van der Waals surface area contributed by atoms with Gasteiger partial charge < -0.3 is 9.47 Å². The van der Waals surface area contributed by atoms with E-state index >= 15 is 0 Å². The maximum Gasteiger partial charge on any atom is 0.165 e. The molecule has 0 aromatic heterocycles. The van der Waals surface area contributed by atoms with Gasteiger partial charge in [-0.2, -0.15) is 0 Å². The molecule has 2 rings (SSSR count). The third kappa shape index (κ3) is 2.09. The lowest BCUT2D eigenvalue weighted by Crippen LogP contribution is -2.24. The first kappa shape index (κ1) is 10.3. The highest BCUT2D eigenvalue weighted by Crippen LogP contribution is 2.41. The van der Waals surface area contributed by atoms with E-state index < -0.39 is 0 Å². The molecular formula is C13H17O2. The van der Waals surface area contributed by atoms with Crippen LogP contribution in [0.25, 0.3) is 0 Å². The molecule has 1 radical (unpaired) electrons. The highest BCUT2D eigenvalue weighted by molar-refractivity contribution is 5.50. The maximum absolute atomic E-state index is 5.88. The summed E-state index contributed by atoms with van der Waals surface area (Å²) in [5.41, 5.74) is 1.13. The minimum atomic E-state index is -0.105. The normalized spacial score (nSPS) is 17.0. The predicted octanol–water partition coefficient (Wildman–Crippen LogP) is 3.00. The molecule has 81 valence electrons. The molecule has 0 aliphatic carbocycles. The van der Waals surface area contributed by atoms with Crippen molar-refractivity contribution in [1.29, 1.82) is 0 Å². The minimum Gasteiger partial charge on any atom is -0.490 e. The van der Waals surface area contributed by atoms with E-state index in [4.69, 9.17) is 9.47 Å². The van der Waals surface area contributed by atoms with Crippen molar-refractivity contribution >= 4 is 0 Å². The Labute approximate surface area is 91.2 Å². The number of hydrogen-bond donors (Lipinski definition) is 0. The molecule has 0 atom stereocenters. The largest absolute Gasteiger partial charge is 0.490 e. The van der Waals surface area contributed by atoms with Crippen LogP contribution in [0.3, 0.4) is 0 Å². The van der Waals surface area contributed by atoms with Gasteiger partial charge in [-0.15, -0.1) is 0 Å². The first-order valence-corrected chi connectivity index (χ1v) is 5.35. The molecule has 1 aliphatic heterocycles. The van der Waals surface area contributed by atoms with Gasteiger partial charge in [-0.1, -0.05) is 12.1 Å². The monoisotopic (exact) mass is 205 g/mol. The lowest BCUT2D eigenvalue weighted by molar-refractivity contribution is 0.132. The highest BCUT2D eigenvalue weighted by atomic mass is 16.5. The van der Waals surface area contributed by atoms with Crippen molar-refractivity contribution in [2.45, 2.75) is 32.3 Å². The van der Waals surface area contributed by atoms with Gasteiger partial charge in [-0.25, -0.2) is 0 Å². The van der Waals surface area contributed by atoms with Gasteiger partial charge in [0, 0.05) is 12.0 Å². The van der Waals surface area contributed by atoms with Gasteiger partial charge in [0.1, 0.15) is 5.60 Å². The summed E-state index contributed by atoms with van der Waals surface area (Å²) in [6.07, 6.45) is 1.72. The average molecular weight is 205 g/mol. The summed E-state index contributed by atoms with van der Waals surface area (Å²) in [5, 5.41) is 0. The van der Waals surface area contributed by atoms with Crippen LogP contribution in [-0.4, -0.2) is 12.2 Å². The van der Waals surface area contributed by atoms with E-state index in [0.29, 0.717) is 6.61 Å². The van der Waals surface area contributed by atoms with Gasteiger partial charge >= 0.3 is 0 Å². The zero-order valence-corrected chi connectivity index (χ0v) is 9.38. The second-order valence-corrected chi connectivity index (χ2v) is 4.48. The zero-order chi connectivity index (χ0) is 10.9. The van der Waals surface area contributed by atoms with Gasteiger partial charge in [0.15, 0.2) is 11.5 Å². The molecule has 0 saturated heterocycles. The molecule has 15 heavy (non-hydrogen) atoms. The van der Waals surface area contributed by atoms with Crippen molar-refractivity contribution in [1.82, 2.24) is 0 Å². The number of para-hydroxylation sites is 1. The maximum atomic E-state index is 5.88. The number of ether oxygens (including phenoxy) is 2. The van der Waals surface area contributed by atoms with Gasteiger partial charge in [0.2, 0.25) is 0 Å². The molecule has 0 bridgehead atoms. The van der Waals surface area contributed by atoms with Gasteiger partial charge in [-0.05, 0) is 33.3 Å². The molecule has 1 aromatic rings. The number of rotatable bonds is 3. The molecule has 1 aliphatic rings. The quantitative estimate of drug-likeness (QED) is 0.755. The Kier molecular flexibility index (Phi) is 2.59. The number of hydrogen-bond acceptors (Lipinski definition) is 2. The van der Waals surface area contributed by atoms with Crippen LogP contribution in [0.4, 0.5) is 0 Å². The van der Waals surface area contributed by atoms with Gasteiger partial charge in [-0.3, -0.25) is 0 Å². The predicted molar refractivity (Wildman–Crippen MR) is 60.3 cm³/mol. The van der Waals surface area contributed by atoms with E-state index in [9.17, 15) is 0 Å². The fourth-order valence-electron chi connectivity index (χ4n) is 1.88. The summed E-state index contributed by atoms with van der Waals surface area (Å²) in [4.78, 5) is 0. The second kappa shape index (κ2) is 3.76. The first-order valence-electron chi connectivity index (χ1n) is 5.35. The molecular weight excluding hydrogens is 188 g/mol. The van der Waals surface area contributed by atoms with E-state index in [-0.39, 0.29) is 5.60 Å². The van der Waals surface area contributed by atoms with Gasteiger partial charge in [0.25, 0.3) is 0 Å². The topological polar surface area (TPSA) is 18.5 Å². The summed E-state index contributed by atoms with van der Waals surface area (Å²) in [7, 11) is 0. The van der Waals surface area contributed by atoms with Crippen LogP contribution in [0.15, 0.2) is 18.2 Å². The molecule has 0 amide bonds. The lowest BCUT2D eigenvalue weighted by atomic mass is 10.0. The minimum absolute atomic E-state index is 0.105. The summed E-state index contributed by atoms with van der Waals surface area (Å²) in [6, 6.07) is 6.07. The van der Waals surface area contributed by atoms with Crippen molar-refractivity contribution in [2.75, 3.05) is 6.61 Å². The Bertz CT molecular complexity index is 356. The number of benzene rings is 1. The molecule has 0 unspecified atom stereocenters. The van der Waals surface area contributed by atoms with Crippen LogP contribution in [0.1, 0.15) is 25.8 Å². The Hall–Kier alpha value is -1.18. The van der Waals surface area contributed by atoms with Crippen LogP contribution < -0.4 is 9.47 Å². The van der Waals surface area contributed by atoms with Crippen LogP contribution in [0.5, 0.6) is 11.5 Å².